The van der Waals surface area contributed by atoms with Gasteiger partial charge in [0.25, 0.3) is 0 Å². The Balaban J connectivity index is 1.90. The van der Waals surface area contributed by atoms with E-state index in [1.54, 1.807) is 17.8 Å². The van der Waals surface area contributed by atoms with Crippen molar-refractivity contribution in [3.05, 3.63) is 52.1 Å². The molecular weight excluding hydrogens is 288 g/mol. The predicted octanol–water partition coefficient (Wildman–Crippen LogP) is 3.57. The van der Waals surface area contributed by atoms with E-state index >= 15 is 0 Å². The average molecular weight is 302 g/mol. The molecule has 0 unspecified atom stereocenters. The third-order valence-corrected chi connectivity index (χ3v) is 4.45. The van der Waals surface area contributed by atoms with Gasteiger partial charge in [0.05, 0.1) is 5.56 Å². The number of esters is 2. The molecule has 1 aromatic carbocycles. The zero-order valence-corrected chi connectivity index (χ0v) is 12.4. The molecule has 108 valence electrons. The number of ether oxygens (including phenoxy) is 2. The molecule has 0 bridgehead atoms. The second kappa shape index (κ2) is 5.77. The van der Waals surface area contributed by atoms with E-state index in [-0.39, 0.29) is 18.5 Å². The van der Waals surface area contributed by atoms with Gasteiger partial charge in [0, 0.05) is 16.7 Å². The number of carbonyl (C=O) groups is 2. The summed E-state index contributed by atoms with van der Waals surface area (Å²) in [5.41, 5.74) is 1.30. The van der Waals surface area contributed by atoms with Gasteiger partial charge in [0.1, 0.15) is 12.4 Å². The molecule has 1 heterocycles. The van der Waals surface area contributed by atoms with Crippen LogP contribution in [-0.4, -0.2) is 11.9 Å². The smallest absolute Gasteiger partial charge is 0.344 e. The highest BCUT2D eigenvalue weighted by molar-refractivity contribution is 8.03. The minimum absolute atomic E-state index is 0.160. The van der Waals surface area contributed by atoms with Gasteiger partial charge in [-0.3, -0.25) is 4.79 Å². The zero-order chi connectivity index (χ0) is 14.8. The fraction of sp³-hybridized carbons (Fsp3) is 0.250. The number of hydrogen-bond donors (Lipinski definition) is 0. The molecule has 4 nitrogen and oxygen atoms in total. The van der Waals surface area contributed by atoms with E-state index in [1.807, 2.05) is 24.3 Å². The highest BCUT2D eigenvalue weighted by Gasteiger charge is 2.24. The van der Waals surface area contributed by atoms with Crippen molar-refractivity contribution in [1.82, 2.24) is 0 Å². The third-order valence-electron chi connectivity index (χ3n) is 3.22. The lowest BCUT2D eigenvalue weighted by Gasteiger charge is -2.11. The highest BCUT2D eigenvalue weighted by Crippen LogP contribution is 2.40. The van der Waals surface area contributed by atoms with Crippen molar-refractivity contribution in [2.75, 3.05) is 0 Å². The Bertz CT molecular complexity index is 673. The summed E-state index contributed by atoms with van der Waals surface area (Å²) in [5, 5.41) is 0. The Morgan fingerprint density at radius 3 is 3.10 bits per heavy atom. The molecule has 0 aromatic heterocycles. The van der Waals surface area contributed by atoms with E-state index in [9.17, 15) is 9.59 Å². The first kappa shape index (κ1) is 13.9. The van der Waals surface area contributed by atoms with E-state index in [1.165, 1.54) is 6.92 Å². The van der Waals surface area contributed by atoms with Gasteiger partial charge in [-0.05, 0) is 36.6 Å². The van der Waals surface area contributed by atoms with Crippen molar-refractivity contribution in [2.45, 2.75) is 31.3 Å². The number of hydrogen-bond acceptors (Lipinski definition) is 5. The van der Waals surface area contributed by atoms with Gasteiger partial charge < -0.3 is 9.47 Å². The predicted molar refractivity (Wildman–Crippen MR) is 78.6 cm³/mol. The van der Waals surface area contributed by atoms with Crippen LogP contribution in [0.3, 0.4) is 0 Å². The van der Waals surface area contributed by atoms with Crippen molar-refractivity contribution in [1.29, 1.82) is 0 Å². The number of benzene rings is 1. The Hall–Kier alpha value is -2.01. The van der Waals surface area contributed by atoms with Crippen molar-refractivity contribution in [3.8, 4) is 0 Å². The molecule has 21 heavy (non-hydrogen) atoms. The maximum absolute atomic E-state index is 12.2. The first-order valence-corrected chi connectivity index (χ1v) is 7.51. The highest BCUT2D eigenvalue weighted by atomic mass is 32.2. The van der Waals surface area contributed by atoms with Crippen LogP contribution in [0.1, 0.15) is 35.7 Å². The monoisotopic (exact) mass is 302 g/mol. The molecule has 0 radical (unpaired) electrons. The minimum atomic E-state index is -0.362. The quantitative estimate of drug-likeness (QED) is 0.782. The molecule has 2 aliphatic rings. The maximum atomic E-state index is 12.2. The van der Waals surface area contributed by atoms with Gasteiger partial charge in [0.2, 0.25) is 0 Å². The zero-order valence-electron chi connectivity index (χ0n) is 11.5. The Labute approximate surface area is 126 Å². The molecule has 0 amide bonds. The lowest BCUT2D eigenvalue weighted by molar-refractivity contribution is -0.142. The van der Waals surface area contributed by atoms with E-state index in [0.717, 1.165) is 28.2 Å². The Kier molecular flexibility index (Phi) is 3.84. The first-order chi connectivity index (χ1) is 10.1. The number of rotatable bonds is 2. The summed E-state index contributed by atoms with van der Waals surface area (Å²) < 4.78 is 10.4. The van der Waals surface area contributed by atoms with E-state index in [4.69, 9.17) is 9.47 Å². The van der Waals surface area contributed by atoms with E-state index < -0.39 is 0 Å². The summed E-state index contributed by atoms with van der Waals surface area (Å²) >= 11 is 1.57. The minimum Gasteiger partial charge on any atom is -0.461 e. The topological polar surface area (TPSA) is 52.6 Å². The number of allylic oxidation sites excluding steroid dienone is 3. The van der Waals surface area contributed by atoms with Crippen molar-refractivity contribution in [3.63, 3.8) is 0 Å². The number of thioether (sulfide) groups is 1. The first-order valence-electron chi connectivity index (χ1n) is 6.69. The molecule has 0 saturated carbocycles. The van der Waals surface area contributed by atoms with Gasteiger partial charge in [-0.1, -0.05) is 23.9 Å². The molecule has 0 N–H and O–H groups in total. The molecule has 0 spiro atoms. The van der Waals surface area contributed by atoms with Gasteiger partial charge in [-0.2, -0.15) is 0 Å². The van der Waals surface area contributed by atoms with Crippen LogP contribution in [0.5, 0.6) is 0 Å². The van der Waals surface area contributed by atoms with Crippen LogP contribution >= 0.6 is 11.8 Å². The van der Waals surface area contributed by atoms with Gasteiger partial charge >= 0.3 is 11.9 Å². The number of fused-ring (bicyclic) bond motifs is 1. The fourth-order valence-corrected chi connectivity index (χ4v) is 3.29. The molecule has 0 fully saturated rings. The summed E-state index contributed by atoms with van der Waals surface area (Å²) in [5.74, 6) is -0.0585. The lowest BCUT2D eigenvalue weighted by Crippen LogP contribution is -2.06. The molecule has 1 aliphatic carbocycles. The van der Waals surface area contributed by atoms with E-state index in [0.29, 0.717) is 11.3 Å². The molecule has 0 atom stereocenters. The summed E-state index contributed by atoms with van der Waals surface area (Å²) in [4.78, 5) is 25.1. The second-order valence-electron chi connectivity index (χ2n) is 4.83. The summed E-state index contributed by atoms with van der Waals surface area (Å²) in [7, 11) is 0. The van der Waals surface area contributed by atoms with Crippen molar-refractivity contribution >= 4 is 23.7 Å². The Morgan fingerprint density at radius 1 is 1.43 bits per heavy atom. The van der Waals surface area contributed by atoms with Crippen LogP contribution in [0.15, 0.2) is 45.9 Å². The second-order valence-corrected chi connectivity index (χ2v) is 5.97. The molecule has 3 rings (SSSR count). The largest absolute Gasteiger partial charge is 0.461 e. The van der Waals surface area contributed by atoms with Crippen LogP contribution in [-0.2, 0) is 20.9 Å². The normalized spacial score (nSPS) is 16.7. The van der Waals surface area contributed by atoms with Gasteiger partial charge in [0.15, 0.2) is 0 Å². The van der Waals surface area contributed by atoms with Gasteiger partial charge in [-0.15, -0.1) is 0 Å². The standard InChI is InChI=1S/C16H14O4S/c1-10(17)19-9-11-6-7-14-12(8-11)16(18)20-13-4-2-3-5-15(13)21-14/h2,4,6-8H,3,5,9H2,1H3. The van der Waals surface area contributed by atoms with Crippen molar-refractivity contribution < 1.29 is 19.1 Å². The van der Waals surface area contributed by atoms with Crippen molar-refractivity contribution in [2.24, 2.45) is 0 Å². The Morgan fingerprint density at radius 2 is 2.29 bits per heavy atom. The van der Waals surface area contributed by atoms with Crippen LogP contribution in [0, 0.1) is 0 Å². The van der Waals surface area contributed by atoms with Gasteiger partial charge in [-0.25, -0.2) is 4.79 Å². The lowest BCUT2D eigenvalue weighted by atomic mass is 10.1. The summed E-state index contributed by atoms with van der Waals surface area (Å²) in [6.45, 7) is 1.52. The van der Waals surface area contributed by atoms with Crippen LogP contribution < -0.4 is 0 Å². The molecule has 0 saturated heterocycles. The maximum Gasteiger partial charge on any atom is 0.344 e. The molecule has 1 aromatic rings. The molecule has 5 heteroatoms. The molecular formula is C16H14O4S. The molecule has 1 aliphatic heterocycles. The average Bonchev–Trinajstić information content (AvgIpc) is 2.61. The SMILES string of the molecule is CC(=O)OCc1ccc2c(c1)C(=O)OC1=C(CCC=C1)S2. The van der Waals surface area contributed by atoms with Crippen LogP contribution in [0.4, 0.5) is 0 Å². The van der Waals surface area contributed by atoms with E-state index in [2.05, 4.69) is 0 Å². The summed E-state index contributed by atoms with van der Waals surface area (Å²) in [6.07, 6.45) is 5.71. The third kappa shape index (κ3) is 3.03. The fourth-order valence-electron chi connectivity index (χ4n) is 2.20. The number of carbonyl (C=O) groups excluding carboxylic acids is 2. The van der Waals surface area contributed by atoms with Crippen LogP contribution in [0.2, 0.25) is 0 Å². The van der Waals surface area contributed by atoms with Crippen LogP contribution in [0.25, 0.3) is 0 Å². The summed E-state index contributed by atoms with van der Waals surface area (Å²) in [6, 6.07) is 5.48.